The fourth-order valence-corrected chi connectivity index (χ4v) is 0.703. The second-order valence-corrected chi connectivity index (χ2v) is 2.03. The average molecular weight is 124 g/mol. The minimum atomic E-state index is 1.05. The molecule has 0 atom stereocenters. The number of hydrogen-bond donors (Lipinski definition) is 2. The Labute approximate surface area is 55.3 Å². The third-order valence-corrected chi connectivity index (χ3v) is 1.18. The molecule has 0 fully saturated rings. The van der Waals surface area contributed by atoms with E-state index in [0.29, 0.717) is 0 Å². The first-order valence-electron chi connectivity index (χ1n) is 3.30. The van der Waals surface area contributed by atoms with Gasteiger partial charge in [-0.3, -0.25) is 0 Å². The molecule has 1 aromatic heterocycles. The molecule has 2 heteroatoms. The largest absolute Gasteiger partial charge is 0.384 e. The number of hydrogen-bond acceptors (Lipinski definition) is 1. The second-order valence-electron chi connectivity index (χ2n) is 2.03. The van der Waals surface area contributed by atoms with E-state index in [9.17, 15) is 0 Å². The van der Waals surface area contributed by atoms with Crippen molar-refractivity contribution in [3.63, 3.8) is 0 Å². The average Bonchev–Trinajstić information content (AvgIpc) is 2.34. The summed E-state index contributed by atoms with van der Waals surface area (Å²) in [6.07, 6.45) is 5.04. The summed E-state index contributed by atoms with van der Waals surface area (Å²) in [5, 5.41) is 3.24. The van der Waals surface area contributed by atoms with E-state index >= 15 is 0 Å². The maximum Gasteiger partial charge on any atom is 0.0517 e. The highest BCUT2D eigenvalue weighted by Crippen LogP contribution is 2.02. The van der Waals surface area contributed by atoms with Crippen molar-refractivity contribution in [2.45, 2.75) is 13.3 Å². The lowest BCUT2D eigenvalue weighted by Gasteiger charge is -1.97. The van der Waals surface area contributed by atoms with Crippen LogP contribution in [0.2, 0.25) is 0 Å². The zero-order chi connectivity index (χ0) is 6.53. The molecule has 2 N–H and O–H groups in total. The first-order chi connectivity index (χ1) is 4.43. The topological polar surface area (TPSA) is 27.8 Å². The van der Waals surface area contributed by atoms with Crippen molar-refractivity contribution in [2.75, 3.05) is 11.9 Å². The molecule has 50 valence electrons. The lowest BCUT2D eigenvalue weighted by molar-refractivity contribution is 0.980. The minimum Gasteiger partial charge on any atom is -0.384 e. The number of rotatable bonds is 3. The molecular formula is C7H12N2. The molecule has 0 aliphatic rings. The summed E-state index contributed by atoms with van der Waals surface area (Å²) in [6.45, 7) is 3.21. The Morgan fingerprint density at radius 1 is 1.67 bits per heavy atom. The van der Waals surface area contributed by atoms with Gasteiger partial charge in [-0.25, -0.2) is 0 Å². The van der Waals surface area contributed by atoms with Gasteiger partial charge in [-0.2, -0.15) is 0 Å². The minimum absolute atomic E-state index is 1.05. The summed E-state index contributed by atoms with van der Waals surface area (Å²) in [6, 6.07) is 2.02. The molecule has 0 aromatic carbocycles. The van der Waals surface area contributed by atoms with Crippen LogP contribution in [-0.2, 0) is 0 Å². The van der Waals surface area contributed by atoms with Gasteiger partial charge in [0, 0.05) is 18.9 Å². The SMILES string of the molecule is CCCNc1cc[nH]c1. The van der Waals surface area contributed by atoms with Gasteiger partial charge >= 0.3 is 0 Å². The predicted molar refractivity (Wildman–Crippen MR) is 39.6 cm³/mol. The molecule has 0 unspecified atom stereocenters. The molecule has 1 heterocycles. The van der Waals surface area contributed by atoms with E-state index in [1.165, 1.54) is 12.1 Å². The highest BCUT2D eigenvalue weighted by atomic mass is 14.9. The maximum absolute atomic E-state index is 3.24. The van der Waals surface area contributed by atoms with E-state index in [2.05, 4.69) is 17.2 Å². The van der Waals surface area contributed by atoms with Crippen LogP contribution in [-0.4, -0.2) is 11.5 Å². The molecule has 9 heavy (non-hydrogen) atoms. The monoisotopic (exact) mass is 124 g/mol. The summed E-state index contributed by atoms with van der Waals surface area (Å²) in [5.41, 5.74) is 1.18. The molecule has 1 rings (SSSR count). The Hall–Kier alpha value is -0.920. The van der Waals surface area contributed by atoms with Crippen LogP contribution in [0.3, 0.4) is 0 Å². The van der Waals surface area contributed by atoms with Gasteiger partial charge in [0.15, 0.2) is 0 Å². The summed E-state index contributed by atoms with van der Waals surface area (Å²) in [7, 11) is 0. The van der Waals surface area contributed by atoms with Crippen LogP contribution in [0.15, 0.2) is 18.5 Å². The Balaban J connectivity index is 2.30. The molecule has 0 aliphatic heterocycles. The van der Waals surface area contributed by atoms with Crippen LogP contribution in [0.25, 0.3) is 0 Å². The molecule has 0 saturated heterocycles. The zero-order valence-electron chi connectivity index (χ0n) is 5.65. The summed E-state index contributed by atoms with van der Waals surface area (Å²) < 4.78 is 0. The number of anilines is 1. The Kier molecular flexibility index (Phi) is 2.19. The molecule has 0 aliphatic carbocycles. The van der Waals surface area contributed by atoms with Gasteiger partial charge < -0.3 is 10.3 Å². The fourth-order valence-electron chi connectivity index (χ4n) is 0.703. The van der Waals surface area contributed by atoms with Crippen LogP contribution in [0.1, 0.15) is 13.3 Å². The normalized spacial score (nSPS) is 9.44. The van der Waals surface area contributed by atoms with Crippen LogP contribution in [0.5, 0.6) is 0 Å². The van der Waals surface area contributed by atoms with Gasteiger partial charge in [-0.05, 0) is 12.5 Å². The van der Waals surface area contributed by atoms with Crippen LogP contribution >= 0.6 is 0 Å². The van der Waals surface area contributed by atoms with E-state index in [1.54, 1.807) is 0 Å². The first kappa shape index (κ1) is 6.20. The molecule has 1 aromatic rings. The predicted octanol–water partition coefficient (Wildman–Crippen LogP) is 1.84. The molecule has 0 bridgehead atoms. The highest BCUT2D eigenvalue weighted by Gasteiger charge is 1.85. The van der Waals surface area contributed by atoms with Gasteiger partial charge in [0.2, 0.25) is 0 Å². The molecule has 0 spiro atoms. The zero-order valence-corrected chi connectivity index (χ0v) is 5.65. The third-order valence-electron chi connectivity index (χ3n) is 1.18. The number of nitrogens with one attached hydrogen (secondary N) is 2. The third kappa shape index (κ3) is 1.80. The van der Waals surface area contributed by atoms with E-state index in [4.69, 9.17) is 0 Å². The second kappa shape index (κ2) is 3.17. The molecular weight excluding hydrogens is 112 g/mol. The lowest BCUT2D eigenvalue weighted by atomic mass is 10.4. The van der Waals surface area contributed by atoms with Gasteiger partial charge in [0.1, 0.15) is 0 Å². The summed E-state index contributed by atoms with van der Waals surface area (Å²) >= 11 is 0. The van der Waals surface area contributed by atoms with Crippen molar-refractivity contribution < 1.29 is 0 Å². The fraction of sp³-hybridized carbons (Fsp3) is 0.429. The summed E-state index contributed by atoms with van der Waals surface area (Å²) in [5.74, 6) is 0. The van der Waals surface area contributed by atoms with Crippen molar-refractivity contribution in [1.29, 1.82) is 0 Å². The van der Waals surface area contributed by atoms with E-state index in [1.807, 2.05) is 18.5 Å². The van der Waals surface area contributed by atoms with Crippen molar-refractivity contribution in [3.05, 3.63) is 18.5 Å². The number of H-pyrrole nitrogens is 1. The lowest BCUT2D eigenvalue weighted by Crippen LogP contribution is -1.97. The standard InChI is InChI=1S/C7H12N2/c1-2-4-9-7-3-5-8-6-7/h3,5-6,8-9H,2,4H2,1H3. The number of aromatic nitrogens is 1. The van der Waals surface area contributed by atoms with Crippen LogP contribution < -0.4 is 5.32 Å². The summed E-state index contributed by atoms with van der Waals surface area (Å²) in [4.78, 5) is 2.98. The van der Waals surface area contributed by atoms with Gasteiger partial charge in [0.25, 0.3) is 0 Å². The maximum atomic E-state index is 3.24. The molecule has 0 radical (unpaired) electrons. The molecule has 0 saturated carbocycles. The Bertz CT molecular complexity index is 144. The van der Waals surface area contributed by atoms with Crippen molar-refractivity contribution in [3.8, 4) is 0 Å². The molecule has 0 amide bonds. The first-order valence-corrected chi connectivity index (χ1v) is 3.30. The molecule has 2 nitrogen and oxygen atoms in total. The highest BCUT2D eigenvalue weighted by molar-refractivity contribution is 5.39. The van der Waals surface area contributed by atoms with E-state index < -0.39 is 0 Å². The van der Waals surface area contributed by atoms with Gasteiger partial charge in [-0.1, -0.05) is 6.92 Å². The van der Waals surface area contributed by atoms with Crippen molar-refractivity contribution in [1.82, 2.24) is 4.98 Å². The van der Waals surface area contributed by atoms with Gasteiger partial charge in [-0.15, -0.1) is 0 Å². The van der Waals surface area contributed by atoms with Crippen molar-refractivity contribution >= 4 is 5.69 Å². The Morgan fingerprint density at radius 2 is 2.56 bits per heavy atom. The van der Waals surface area contributed by atoms with Gasteiger partial charge in [0.05, 0.1) is 5.69 Å². The van der Waals surface area contributed by atoms with E-state index in [0.717, 1.165) is 6.54 Å². The van der Waals surface area contributed by atoms with Crippen LogP contribution in [0.4, 0.5) is 5.69 Å². The Morgan fingerprint density at radius 3 is 3.11 bits per heavy atom. The van der Waals surface area contributed by atoms with Crippen LogP contribution in [0, 0.1) is 0 Å². The number of aromatic amines is 1. The smallest absolute Gasteiger partial charge is 0.0517 e. The van der Waals surface area contributed by atoms with Crippen molar-refractivity contribution in [2.24, 2.45) is 0 Å². The van der Waals surface area contributed by atoms with E-state index in [-0.39, 0.29) is 0 Å². The quantitative estimate of drug-likeness (QED) is 0.632.